The number of hydrogen-bond acceptors (Lipinski definition) is 7. The van der Waals surface area contributed by atoms with Gasteiger partial charge in [0.05, 0.1) is 27.0 Å². The zero-order valence-corrected chi connectivity index (χ0v) is 18.4. The van der Waals surface area contributed by atoms with E-state index < -0.39 is 0 Å². The van der Waals surface area contributed by atoms with Crippen LogP contribution in [0.15, 0.2) is 51.6 Å². The Morgan fingerprint density at radius 3 is 2.30 bits per heavy atom. The van der Waals surface area contributed by atoms with Crippen LogP contribution in [0.4, 0.5) is 0 Å². The van der Waals surface area contributed by atoms with Gasteiger partial charge < -0.3 is 23.3 Å². The summed E-state index contributed by atoms with van der Waals surface area (Å²) in [5.74, 6) is 3.00. The smallest absolute Gasteiger partial charge is 0.278 e. The summed E-state index contributed by atoms with van der Waals surface area (Å²) >= 11 is 3.57. The van der Waals surface area contributed by atoms with E-state index in [1.807, 2.05) is 42.0 Å². The van der Waals surface area contributed by atoms with Crippen molar-refractivity contribution in [2.24, 2.45) is 0 Å². The molecule has 8 nitrogen and oxygen atoms in total. The van der Waals surface area contributed by atoms with Crippen molar-refractivity contribution in [1.29, 1.82) is 0 Å². The highest BCUT2D eigenvalue weighted by Crippen LogP contribution is 2.40. The van der Waals surface area contributed by atoms with Crippen molar-refractivity contribution in [2.75, 3.05) is 21.3 Å². The molecular formula is C21H19BrN4O4. The van der Waals surface area contributed by atoms with Crippen LogP contribution in [-0.4, -0.2) is 41.0 Å². The van der Waals surface area contributed by atoms with Crippen LogP contribution in [0.3, 0.4) is 0 Å². The molecule has 0 radical (unpaired) electrons. The Morgan fingerprint density at radius 1 is 0.967 bits per heavy atom. The molecule has 0 amide bonds. The summed E-state index contributed by atoms with van der Waals surface area (Å²) in [5.41, 5.74) is 2.22. The number of halogens is 1. The fraction of sp³-hybridized carbons (Fsp3) is 0.190. The van der Waals surface area contributed by atoms with Gasteiger partial charge in [0, 0.05) is 16.2 Å². The van der Waals surface area contributed by atoms with Crippen molar-refractivity contribution in [3.63, 3.8) is 0 Å². The van der Waals surface area contributed by atoms with Crippen LogP contribution in [0.25, 0.3) is 28.7 Å². The van der Waals surface area contributed by atoms with Crippen molar-refractivity contribution in [3.8, 4) is 45.9 Å². The molecule has 4 rings (SSSR count). The van der Waals surface area contributed by atoms with Gasteiger partial charge in [0.25, 0.3) is 5.89 Å². The Hall–Kier alpha value is -3.33. The Bertz CT molecular complexity index is 1180. The van der Waals surface area contributed by atoms with E-state index in [9.17, 15) is 0 Å². The van der Waals surface area contributed by atoms with Crippen molar-refractivity contribution in [2.45, 2.75) is 6.92 Å². The van der Waals surface area contributed by atoms with E-state index in [2.05, 4.69) is 31.1 Å². The molecule has 2 heterocycles. The number of imidazole rings is 1. The number of para-hydroxylation sites is 1. The van der Waals surface area contributed by atoms with Gasteiger partial charge in [0.15, 0.2) is 11.5 Å². The third-order valence-corrected chi connectivity index (χ3v) is 5.23. The fourth-order valence-electron chi connectivity index (χ4n) is 3.12. The number of methoxy groups -OCH3 is 3. The molecule has 0 bridgehead atoms. The minimum Gasteiger partial charge on any atom is -0.493 e. The minimum absolute atomic E-state index is 0.313. The molecule has 0 aliphatic rings. The molecule has 154 valence electrons. The lowest BCUT2D eigenvalue weighted by Gasteiger charge is -2.12. The van der Waals surface area contributed by atoms with Gasteiger partial charge in [-0.25, -0.2) is 4.98 Å². The van der Waals surface area contributed by atoms with Crippen molar-refractivity contribution >= 4 is 15.9 Å². The largest absolute Gasteiger partial charge is 0.493 e. The van der Waals surface area contributed by atoms with Crippen molar-refractivity contribution < 1.29 is 18.7 Å². The maximum Gasteiger partial charge on any atom is 0.278 e. The molecule has 0 saturated heterocycles. The average Bonchev–Trinajstić information content (AvgIpc) is 3.40. The van der Waals surface area contributed by atoms with Gasteiger partial charge in [-0.2, -0.15) is 4.98 Å². The molecule has 0 unspecified atom stereocenters. The zero-order chi connectivity index (χ0) is 21.3. The van der Waals surface area contributed by atoms with Crippen molar-refractivity contribution in [1.82, 2.24) is 19.7 Å². The molecule has 0 fully saturated rings. The van der Waals surface area contributed by atoms with Crippen LogP contribution in [0, 0.1) is 6.92 Å². The topological polar surface area (TPSA) is 84.4 Å². The number of rotatable bonds is 6. The molecule has 0 aliphatic heterocycles. The van der Waals surface area contributed by atoms with Gasteiger partial charge in [-0.15, -0.1) is 0 Å². The molecule has 30 heavy (non-hydrogen) atoms. The maximum absolute atomic E-state index is 5.48. The van der Waals surface area contributed by atoms with E-state index in [4.69, 9.17) is 18.7 Å². The molecule has 9 heteroatoms. The lowest BCUT2D eigenvalue weighted by atomic mass is 10.1. The Balaban J connectivity index is 1.72. The van der Waals surface area contributed by atoms with Gasteiger partial charge in [0.1, 0.15) is 11.5 Å². The average molecular weight is 471 g/mol. The van der Waals surface area contributed by atoms with E-state index in [0.717, 1.165) is 16.0 Å². The highest BCUT2D eigenvalue weighted by molar-refractivity contribution is 9.10. The number of aryl methyl sites for hydroxylation is 1. The number of benzene rings is 2. The molecule has 0 N–H and O–H groups in total. The van der Waals surface area contributed by atoms with Crippen LogP contribution in [0.1, 0.15) is 5.82 Å². The molecule has 0 atom stereocenters. The van der Waals surface area contributed by atoms with Gasteiger partial charge in [-0.1, -0.05) is 17.3 Å². The first-order chi connectivity index (χ1) is 14.5. The minimum atomic E-state index is 0.313. The summed E-state index contributed by atoms with van der Waals surface area (Å²) in [5, 5.41) is 4.10. The molecule has 0 saturated carbocycles. The van der Waals surface area contributed by atoms with E-state index in [1.54, 1.807) is 33.5 Å². The van der Waals surface area contributed by atoms with Gasteiger partial charge in [-0.3, -0.25) is 0 Å². The molecule has 2 aromatic heterocycles. The van der Waals surface area contributed by atoms with Gasteiger partial charge in [-0.05, 0) is 47.1 Å². The van der Waals surface area contributed by atoms with E-state index in [0.29, 0.717) is 40.2 Å². The summed E-state index contributed by atoms with van der Waals surface area (Å²) in [7, 11) is 4.66. The summed E-state index contributed by atoms with van der Waals surface area (Å²) in [6.45, 7) is 1.92. The van der Waals surface area contributed by atoms with Gasteiger partial charge in [0.2, 0.25) is 11.6 Å². The lowest BCUT2D eigenvalue weighted by molar-refractivity contribution is 0.324. The van der Waals surface area contributed by atoms with Crippen LogP contribution < -0.4 is 14.2 Å². The first kappa shape index (κ1) is 20.0. The second-order valence-electron chi connectivity index (χ2n) is 6.33. The molecule has 2 aromatic carbocycles. The Morgan fingerprint density at radius 2 is 1.67 bits per heavy atom. The van der Waals surface area contributed by atoms with Crippen LogP contribution >= 0.6 is 15.9 Å². The van der Waals surface area contributed by atoms with Crippen LogP contribution in [0.5, 0.6) is 17.2 Å². The number of nitrogens with zero attached hydrogens (tertiary/aromatic N) is 4. The first-order valence-electron chi connectivity index (χ1n) is 9.01. The normalized spacial score (nSPS) is 10.8. The highest BCUT2D eigenvalue weighted by atomic mass is 79.9. The Labute approximate surface area is 181 Å². The van der Waals surface area contributed by atoms with E-state index >= 15 is 0 Å². The van der Waals surface area contributed by atoms with E-state index in [1.165, 1.54) is 0 Å². The highest BCUT2D eigenvalue weighted by Gasteiger charge is 2.19. The molecule has 0 aliphatic carbocycles. The first-order valence-corrected chi connectivity index (χ1v) is 9.80. The van der Waals surface area contributed by atoms with Gasteiger partial charge >= 0.3 is 0 Å². The fourth-order valence-corrected chi connectivity index (χ4v) is 3.60. The lowest BCUT2D eigenvalue weighted by Crippen LogP contribution is -1.96. The third-order valence-electron chi connectivity index (χ3n) is 4.56. The SMILES string of the molecule is COc1cc(-c2noc(-c3cn(-c4ccccc4Br)c(C)n3)n2)cc(OC)c1OC. The molecular weight excluding hydrogens is 452 g/mol. The summed E-state index contributed by atoms with van der Waals surface area (Å²) < 4.78 is 24.6. The summed E-state index contributed by atoms with van der Waals surface area (Å²) in [4.78, 5) is 9.09. The standard InChI is InChI=1S/C21H19BrN4O4/c1-12-23-15(11-26(12)16-8-6-5-7-14(16)22)21-24-20(25-30-21)13-9-17(27-2)19(29-4)18(10-13)28-3/h5-11H,1-4H3. The third kappa shape index (κ3) is 3.52. The second-order valence-corrected chi connectivity index (χ2v) is 7.19. The monoisotopic (exact) mass is 470 g/mol. The quantitative estimate of drug-likeness (QED) is 0.404. The summed E-state index contributed by atoms with van der Waals surface area (Å²) in [6, 6.07) is 11.4. The maximum atomic E-state index is 5.48. The predicted octanol–water partition coefficient (Wildman–Crippen LogP) is 4.69. The van der Waals surface area contributed by atoms with Crippen LogP contribution in [0.2, 0.25) is 0 Å². The Kier molecular flexibility index (Phi) is 5.45. The zero-order valence-electron chi connectivity index (χ0n) is 16.8. The number of hydrogen-bond donors (Lipinski definition) is 0. The van der Waals surface area contributed by atoms with Crippen molar-refractivity contribution in [3.05, 3.63) is 52.9 Å². The molecule has 4 aromatic rings. The summed E-state index contributed by atoms with van der Waals surface area (Å²) in [6.07, 6.45) is 1.86. The predicted molar refractivity (Wildman–Crippen MR) is 114 cm³/mol. The number of ether oxygens (including phenoxy) is 3. The number of aromatic nitrogens is 4. The van der Waals surface area contributed by atoms with Crippen LogP contribution in [-0.2, 0) is 0 Å². The molecule has 0 spiro atoms. The second kappa shape index (κ2) is 8.19. The van der Waals surface area contributed by atoms with E-state index in [-0.39, 0.29) is 0 Å².